The van der Waals surface area contributed by atoms with Gasteiger partial charge in [-0.1, -0.05) is 30.3 Å². The second-order valence-corrected chi connectivity index (χ2v) is 4.81. The molecule has 0 saturated carbocycles. The summed E-state index contributed by atoms with van der Waals surface area (Å²) in [5.74, 6) is -0.915. The Kier molecular flexibility index (Phi) is 3.31. The van der Waals surface area contributed by atoms with E-state index in [1.807, 2.05) is 0 Å². The van der Waals surface area contributed by atoms with Crippen LogP contribution >= 0.6 is 0 Å². The summed E-state index contributed by atoms with van der Waals surface area (Å²) in [6.45, 7) is 0. The lowest BCUT2D eigenvalue weighted by molar-refractivity contribution is 0.0998. The van der Waals surface area contributed by atoms with Gasteiger partial charge in [0.15, 0.2) is 5.78 Å². The SMILES string of the molecule is NC(=O)c1cccc(N=CC2=C(O)c3ccccc3C2=O)c1. The molecule has 0 atom stereocenters. The summed E-state index contributed by atoms with van der Waals surface area (Å²) in [6, 6.07) is 13.2. The number of carbonyl (C=O) groups excluding carboxylic acids is 2. The minimum atomic E-state index is -0.552. The van der Waals surface area contributed by atoms with E-state index in [9.17, 15) is 14.7 Å². The van der Waals surface area contributed by atoms with Crippen LogP contribution in [0.3, 0.4) is 0 Å². The lowest BCUT2D eigenvalue weighted by Crippen LogP contribution is -2.10. The molecule has 0 aliphatic heterocycles. The molecule has 1 aliphatic carbocycles. The summed E-state index contributed by atoms with van der Waals surface area (Å²) in [6.07, 6.45) is 1.30. The molecule has 2 aromatic rings. The van der Waals surface area contributed by atoms with Crippen molar-refractivity contribution in [3.63, 3.8) is 0 Å². The molecule has 1 amide bonds. The van der Waals surface area contributed by atoms with Crippen LogP contribution in [-0.4, -0.2) is 23.0 Å². The third-order valence-corrected chi connectivity index (χ3v) is 3.40. The Balaban J connectivity index is 1.94. The Morgan fingerprint density at radius 3 is 2.50 bits per heavy atom. The third kappa shape index (κ3) is 2.29. The van der Waals surface area contributed by atoms with Crippen molar-refractivity contribution >= 4 is 29.4 Å². The first kappa shape index (κ1) is 13.8. The molecular weight excluding hydrogens is 280 g/mol. The molecule has 0 unspecified atom stereocenters. The number of hydrogen-bond acceptors (Lipinski definition) is 4. The summed E-state index contributed by atoms with van der Waals surface area (Å²) in [5, 5.41) is 10.1. The predicted molar refractivity (Wildman–Crippen MR) is 83.4 cm³/mol. The van der Waals surface area contributed by atoms with Crippen LogP contribution in [0.2, 0.25) is 0 Å². The van der Waals surface area contributed by atoms with Crippen LogP contribution in [0.15, 0.2) is 59.1 Å². The smallest absolute Gasteiger partial charge is 0.248 e. The lowest BCUT2D eigenvalue weighted by atomic mass is 10.1. The Labute approximate surface area is 126 Å². The van der Waals surface area contributed by atoms with E-state index in [2.05, 4.69) is 4.99 Å². The average Bonchev–Trinajstić information content (AvgIpc) is 2.78. The standard InChI is InChI=1S/C17H12N2O3/c18-17(22)10-4-3-5-11(8-10)19-9-14-15(20)12-6-1-2-7-13(12)16(14)21/h1-9,20H,(H2,18,22). The van der Waals surface area contributed by atoms with Gasteiger partial charge in [0, 0.05) is 22.9 Å². The van der Waals surface area contributed by atoms with Gasteiger partial charge in [-0.2, -0.15) is 0 Å². The fraction of sp³-hybridized carbons (Fsp3) is 0. The number of allylic oxidation sites excluding steroid dienone is 1. The molecule has 0 aromatic heterocycles. The van der Waals surface area contributed by atoms with Crippen LogP contribution in [0.1, 0.15) is 26.3 Å². The van der Waals surface area contributed by atoms with Gasteiger partial charge in [0.2, 0.25) is 5.91 Å². The molecule has 0 spiro atoms. The number of aliphatic hydroxyl groups is 1. The lowest BCUT2D eigenvalue weighted by Gasteiger charge is -1.98. The zero-order valence-corrected chi connectivity index (χ0v) is 11.5. The van der Waals surface area contributed by atoms with Gasteiger partial charge < -0.3 is 10.8 Å². The summed E-state index contributed by atoms with van der Waals surface area (Å²) in [7, 11) is 0. The largest absolute Gasteiger partial charge is 0.506 e. The van der Waals surface area contributed by atoms with E-state index in [1.165, 1.54) is 12.3 Å². The quantitative estimate of drug-likeness (QED) is 0.852. The maximum Gasteiger partial charge on any atom is 0.248 e. The molecule has 0 radical (unpaired) electrons. The minimum absolute atomic E-state index is 0.0876. The Bertz CT molecular complexity index is 850. The van der Waals surface area contributed by atoms with Crippen molar-refractivity contribution in [3.8, 4) is 0 Å². The Morgan fingerprint density at radius 1 is 1.09 bits per heavy atom. The van der Waals surface area contributed by atoms with E-state index in [1.54, 1.807) is 42.5 Å². The molecular formula is C17H12N2O3. The number of primary amides is 1. The molecule has 1 aliphatic rings. The molecule has 2 aromatic carbocycles. The van der Waals surface area contributed by atoms with E-state index in [0.29, 0.717) is 22.4 Å². The zero-order chi connectivity index (χ0) is 15.7. The third-order valence-electron chi connectivity index (χ3n) is 3.40. The van der Waals surface area contributed by atoms with Gasteiger partial charge >= 0.3 is 0 Å². The number of ketones is 1. The number of fused-ring (bicyclic) bond motifs is 1. The molecule has 0 heterocycles. The zero-order valence-electron chi connectivity index (χ0n) is 11.5. The molecule has 3 N–H and O–H groups in total. The van der Waals surface area contributed by atoms with Gasteiger partial charge in [-0.3, -0.25) is 14.6 Å². The number of nitrogens with zero attached hydrogens (tertiary/aromatic N) is 1. The van der Waals surface area contributed by atoms with E-state index >= 15 is 0 Å². The predicted octanol–water partition coefficient (Wildman–Crippen LogP) is 2.65. The van der Waals surface area contributed by atoms with Gasteiger partial charge in [-0.05, 0) is 18.2 Å². The van der Waals surface area contributed by atoms with Crippen LogP contribution in [0.5, 0.6) is 0 Å². The first-order valence-electron chi connectivity index (χ1n) is 6.59. The van der Waals surface area contributed by atoms with Gasteiger partial charge in [0.05, 0.1) is 11.3 Å². The van der Waals surface area contributed by atoms with Crippen molar-refractivity contribution in [2.45, 2.75) is 0 Å². The number of amides is 1. The van der Waals surface area contributed by atoms with Gasteiger partial charge in [0.1, 0.15) is 5.76 Å². The fourth-order valence-corrected chi connectivity index (χ4v) is 2.28. The number of carbonyl (C=O) groups is 2. The normalized spacial score (nSPS) is 13.7. The Hall–Kier alpha value is -3.21. The van der Waals surface area contributed by atoms with E-state index in [0.717, 1.165) is 0 Å². The molecule has 3 rings (SSSR count). The highest BCUT2D eigenvalue weighted by Crippen LogP contribution is 2.30. The average molecular weight is 292 g/mol. The summed E-state index contributed by atoms with van der Waals surface area (Å²) < 4.78 is 0. The molecule has 5 nitrogen and oxygen atoms in total. The Morgan fingerprint density at radius 2 is 1.82 bits per heavy atom. The molecule has 108 valence electrons. The minimum Gasteiger partial charge on any atom is -0.506 e. The van der Waals surface area contributed by atoms with Gasteiger partial charge in [0.25, 0.3) is 0 Å². The van der Waals surface area contributed by atoms with Gasteiger partial charge in [-0.25, -0.2) is 0 Å². The summed E-state index contributed by atoms with van der Waals surface area (Å²) in [5.41, 5.74) is 7.09. The first-order chi connectivity index (χ1) is 10.6. The van der Waals surface area contributed by atoms with Crippen LogP contribution in [0.4, 0.5) is 5.69 Å². The number of aliphatic imine (C=N–C) groups is 1. The van der Waals surface area contributed by atoms with E-state index in [4.69, 9.17) is 5.73 Å². The molecule has 0 bridgehead atoms. The molecule has 0 fully saturated rings. The van der Waals surface area contributed by atoms with E-state index in [-0.39, 0.29) is 17.1 Å². The van der Waals surface area contributed by atoms with Crippen LogP contribution < -0.4 is 5.73 Å². The second kappa shape index (κ2) is 5.29. The van der Waals surface area contributed by atoms with Crippen LogP contribution in [0, 0.1) is 0 Å². The van der Waals surface area contributed by atoms with Crippen molar-refractivity contribution in [1.29, 1.82) is 0 Å². The number of benzene rings is 2. The first-order valence-corrected chi connectivity index (χ1v) is 6.59. The topological polar surface area (TPSA) is 92.8 Å². The van der Waals surface area contributed by atoms with Crippen molar-refractivity contribution in [3.05, 3.63) is 70.8 Å². The van der Waals surface area contributed by atoms with Crippen LogP contribution in [-0.2, 0) is 0 Å². The van der Waals surface area contributed by atoms with Crippen molar-refractivity contribution < 1.29 is 14.7 Å². The van der Waals surface area contributed by atoms with Crippen molar-refractivity contribution in [2.24, 2.45) is 10.7 Å². The molecule has 22 heavy (non-hydrogen) atoms. The molecule has 5 heteroatoms. The maximum absolute atomic E-state index is 12.2. The highest BCUT2D eigenvalue weighted by atomic mass is 16.3. The molecule has 0 saturated heterocycles. The fourth-order valence-electron chi connectivity index (χ4n) is 2.28. The number of rotatable bonds is 3. The number of Topliss-reactive ketones (excluding diaryl/α,β-unsaturated/α-hetero) is 1. The second-order valence-electron chi connectivity index (χ2n) is 4.81. The van der Waals surface area contributed by atoms with Crippen LogP contribution in [0.25, 0.3) is 5.76 Å². The highest BCUT2D eigenvalue weighted by molar-refractivity contribution is 6.30. The number of hydrogen-bond donors (Lipinski definition) is 2. The summed E-state index contributed by atoms with van der Waals surface area (Å²) in [4.78, 5) is 27.5. The number of nitrogens with two attached hydrogens (primary N) is 1. The van der Waals surface area contributed by atoms with Gasteiger partial charge in [-0.15, -0.1) is 0 Å². The number of aliphatic hydroxyl groups excluding tert-OH is 1. The monoisotopic (exact) mass is 292 g/mol. The maximum atomic E-state index is 12.2. The van der Waals surface area contributed by atoms with Crippen molar-refractivity contribution in [1.82, 2.24) is 0 Å². The van der Waals surface area contributed by atoms with Crippen molar-refractivity contribution in [2.75, 3.05) is 0 Å². The summed E-state index contributed by atoms with van der Waals surface area (Å²) >= 11 is 0. The highest BCUT2D eigenvalue weighted by Gasteiger charge is 2.27. The van der Waals surface area contributed by atoms with E-state index < -0.39 is 5.91 Å².